The van der Waals surface area contributed by atoms with Crippen molar-refractivity contribution in [2.45, 2.75) is 53.5 Å². The van der Waals surface area contributed by atoms with Crippen LogP contribution in [0.4, 0.5) is 5.69 Å². The highest BCUT2D eigenvalue weighted by Gasteiger charge is 2.37. The number of halogens is 2. The van der Waals surface area contributed by atoms with Gasteiger partial charge in [-0.25, -0.2) is 4.79 Å². The fourth-order valence-electron chi connectivity index (χ4n) is 7.77. The van der Waals surface area contributed by atoms with Crippen molar-refractivity contribution in [2.24, 2.45) is 14.1 Å². The monoisotopic (exact) mass is 725 g/mol. The highest BCUT2D eigenvalue weighted by Crippen LogP contribution is 2.45. The maximum Gasteiger partial charge on any atom is 0.337 e. The number of anilines is 1. The first-order valence-corrected chi connectivity index (χ1v) is 17.8. The second kappa shape index (κ2) is 13.1. The number of carbonyl (C=O) groups excluding carboxylic acids is 2. The third-order valence-electron chi connectivity index (χ3n) is 10.2. The molecule has 264 valence electrons. The zero-order chi connectivity index (χ0) is 36.5. The molecule has 51 heavy (non-hydrogen) atoms. The minimum absolute atomic E-state index is 0.109. The first kappa shape index (κ1) is 34.7. The third-order valence-corrected chi connectivity index (χ3v) is 11.2. The number of carbonyl (C=O) groups is 2. The number of hydrogen-bond acceptors (Lipinski definition) is 5. The Labute approximate surface area is 307 Å². The number of methoxy groups -OCH3 is 1. The molecule has 0 radical (unpaired) electrons. The average molecular weight is 727 g/mol. The summed E-state index contributed by atoms with van der Waals surface area (Å²) >= 11 is 13.5. The number of aromatic nitrogens is 4. The Hall–Kier alpha value is -4.73. The molecule has 1 aliphatic heterocycles. The van der Waals surface area contributed by atoms with Crippen LogP contribution >= 0.6 is 23.2 Å². The number of ether oxygens (including phenoxy) is 2. The van der Waals surface area contributed by atoms with Crippen LogP contribution in [0.15, 0.2) is 48.7 Å². The van der Waals surface area contributed by atoms with Gasteiger partial charge in [0.05, 0.1) is 41.2 Å². The van der Waals surface area contributed by atoms with E-state index < -0.39 is 5.97 Å². The minimum atomic E-state index is -0.427. The SMILES string of the molecule is COC(=O)c1ccc2c(c1)c(N1C[C@@H](C)n3c(c(CCCOc4cc(C)c(Cl)c(C)c4)c4ccc(Cl)c(-c5c(C)nn(C)c5C)c43)C1=O)cn2C. The molecular weight excluding hydrogens is 685 g/mol. The van der Waals surface area contributed by atoms with Gasteiger partial charge in [-0.2, -0.15) is 5.10 Å². The number of aryl methyl sites for hydroxylation is 6. The summed E-state index contributed by atoms with van der Waals surface area (Å²) in [7, 11) is 5.25. The van der Waals surface area contributed by atoms with E-state index in [-0.39, 0.29) is 11.9 Å². The summed E-state index contributed by atoms with van der Waals surface area (Å²) in [4.78, 5) is 29.4. The Morgan fingerprint density at radius 2 is 1.71 bits per heavy atom. The van der Waals surface area contributed by atoms with Crippen LogP contribution < -0.4 is 9.64 Å². The molecule has 3 aromatic carbocycles. The molecule has 0 saturated carbocycles. The van der Waals surface area contributed by atoms with E-state index in [9.17, 15) is 4.79 Å². The van der Waals surface area contributed by atoms with Crippen LogP contribution in [0.1, 0.15) is 68.3 Å². The molecule has 1 amide bonds. The van der Waals surface area contributed by atoms with Gasteiger partial charge in [0.1, 0.15) is 11.4 Å². The summed E-state index contributed by atoms with van der Waals surface area (Å²) in [6.07, 6.45) is 3.24. The lowest BCUT2D eigenvalue weighted by atomic mass is 9.98. The Morgan fingerprint density at radius 1 is 0.980 bits per heavy atom. The molecule has 11 heteroatoms. The van der Waals surface area contributed by atoms with Gasteiger partial charge in [0.25, 0.3) is 5.91 Å². The second-order valence-electron chi connectivity index (χ2n) is 13.6. The van der Waals surface area contributed by atoms with Crippen molar-refractivity contribution in [3.8, 4) is 16.9 Å². The van der Waals surface area contributed by atoms with Crippen LogP contribution in [0.3, 0.4) is 0 Å². The standard InChI is InChI=1S/C40H41Cl2N5O4/c1-21-16-27(17-22(2)36(21)42)51-15-9-10-28-29-12-13-31(41)35(34-24(4)43-45(7)25(34)5)37(29)47-23(3)19-46(39(48)38(28)47)33-20-44(6)32-14-11-26(18-30(32)33)40(49)50-8/h11-14,16-18,20,23H,9-10,15,19H2,1-8H3/t23-/m1/s1. The summed E-state index contributed by atoms with van der Waals surface area (Å²) in [6.45, 7) is 11.0. The molecule has 9 nitrogen and oxygen atoms in total. The van der Waals surface area contributed by atoms with E-state index in [1.54, 1.807) is 6.07 Å². The van der Waals surface area contributed by atoms with E-state index in [1.807, 2.05) is 98.5 Å². The molecule has 4 heterocycles. The van der Waals surface area contributed by atoms with Gasteiger partial charge in [-0.3, -0.25) is 9.48 Å². The maximum absolute atomic E-state index is 15.0. The van der Waals surface area contributed by atoms with Crippen molar-refractivity contribution in [3.63, 3.8) is 0 Å². The van der Waals surface area contributed by atoms with Crippen LogP contribution in [-0.4, -0.2) is 51.1 Å². The Bertz CT molecular complexity index is 2380. The molecule has 3 aromatic heterocycles. The third kappa shape index (κ3) is 5.67. The lowest BCUT2D eigenvalue weighted by Gasteiger charge is -2.34. The predicted molar refractivity (Wildman–Crippen MR) is 204 cm³/mol. The predicted octanol–water partition coefficient (Wildman–Crippen LogP) is 9.09. The van der Waals surface area contributed by atoms with Crippen LogP contribution in [0.2, 0.25) is 10.0 Å². The zero-order valence-electron chi connectivity index (χ0n) is 30.1. The number of amides is 1. The molecule has 7 rings (SSSR count). The van der Waals surface area contributed by atoms with Crippen LogP contribution in [-0.2, 0) is 25.3 Å². The number of nitrogens with zero attached hydrogens (tertiary/aromatic N) is 5. The first-order valence-electron chi connectivity index (χ1n) is 17.1. The summed E-state index contributed by atoms with van der Waals surface area (Å²) in [5.74, 6) is 0.235. The van der Waals surface area contributed by atoms with Crippen LogP contribution in [0.5, 0.6) is 5.75 Å². The molecule has 1 aliphatic rings. The lowest BCUT2D eigenvalue weighted by molar-refractivity contribution is 0.0600. The lowest BCUT2D eigenvalue weighted by Crippen LogP contribution is -2.42. The van der Waals surface area contributed by atoms with Gasteiger partial charge in [0, 0.05) is 71.0 Å². The molecule has 0 spiro atoms. The van der Waals surface area contributed by atoms with Gasteiger partial charge in [0.15, 0.2) is 0 Å². The van der Waals surface area contributed by atoms with Gasteiger partial charge in [-0.15, -0.1) is 0 Å². The highest BCUT2D eigenvalue weighted by molar-refractivity contribution is 6.35. The Balaban J connectivity index is 1.37. The summed E-state index contributed by atoms with van der Waals surface area (Å²) in [6, 6.07) is 13.2. The smallest absolute Gasteiger partial charge is 0.337 e. The van der Waals surface area contributed by atoms with E-state index in [4.69, 9.17) is 37.8 Å². The van der Waals surface area contributed by atoms with Crippen molar-refractivity contribution < 1.29 is 19.1 Å². The fourth-order valence-corrected chi connectivity index (χ4v) is 8.12. The molecule has 0 fully saturated rings. The number of fused-ring (bicyclic) bond motifs is 4. The van der Waals surface area contributed by atoms with Gasteiger partial charge < -0.3 is 23.5 Å². The van der Waals surface area contributed by atoms with Crippen molar-refractivity contribution >= 4 is 62.6 Å². The fraction of sp³-hybridized carbons (Fsp3) is 0.325. The number of rotatable bonds is 8. The molecule has 0 N–H and O–H groups in total. The van der Waals surface area contributed by atoms with Gasteiger partial charge >= 0.3 is 5.97 Å². The maximum atomic E-state index is 15.0. The van der Waals surface area contributed by atoms with Crippen molar-refractivity contribution in [1.29, 1.82) is 0 Å². The van der Waals surface area contributed by atoms with E-state index >= 15 is 4.79 Å². The van der Waals surface area contributed by atoms with Crippen molar-refractivity contribution in [3.05, 3.63) is 98.0 Å². The summed E-state index contributed by atoms with van der Waals surface area (Å²) in [5.41, 5.74) is 10.3. The zero-order valence-corrected chi connectivity index (χ0v) is 31.7. The molecular formula is C40H41Cl2N5O4. The van der Waals surface area contributed by atoms with Crippen molar-refractivity contribution in [2.75, 3.05) is 25.2 Å². The molecule has 1 atom stereocenters. The second-order valence-corrected chi connectivity index (χ2v) is 14.4. The largest absolute Gasteiger partial charge is 0.494 e. The van der Waals surface area contributed by atoms with E-state index in [2.05, 4.69) is 11.5 Å². The van der Waals surface area contributed by atoms with Crippen molar-refractivity contribution in [1.82, 2.24) is 18.9 Å². The van der Waals surface area contributed by atoms with Crippen LogP contribution in [0, 0.1) is 27.7 Å². The number of benzene rings is 3. The van der Waals surface area contributed by atoms with Gasteiger partial charge in [-0.1, -0.05) is 29.3 Å². The number of esters is 1. The molecule has 0 unspecified atom stereocenters. The molecule has 0 aliphatic carbocycles. The highest BCUT2D eigenvalue weighted by atomic mass is 35.5. The molecule has 0 saturated heterocycles. The molecule has 6 aromatic rings. The average Bonchev–Trinajstić information content (AvgIpc) is 3.70. The Morgan fingerprint density at radius 3 is 2.37 bits per heavy atom. The topological polar surface area (TPSA) is 83.5 Å². The first-order chi connectivity index (χ1) is 24.3. The minimum Gasteiger partial charge on any atom is -0.494 e. The van der Waals surface area contributed by atoms with E-state index in [1.165, 1.54) is 7.11 Å². The van der Waals surface area contributed by atoms with E-state index in [0.29, 0.717) is 42.3 Å². The normalized spacial score (nSPS) is 14.5. The summed E-state index contributed by atoms with van der Waals surface area (Å²) < 4.78 is 17.3. The Kier molecular flexibility index (Phi) is 8.92. The number of hydrogen-bond donors (Lipinski definition) is 0. The van der Waals surface area contributed by atoms with Crippen LogP contribution in [0.25, 0.3) is 32.9 Å². The molecule has 0 bridgehead atoms. The summed E-state index contributed by atoms with van der Waals surface area (Å²) in [5, 5.41) is 7.86. The van der Waals surface area contributed by atoms with Gasteiger partial charge in [-0.05, 0) is 101 Å². The van der Waals surface area contributed by atoms with E-state index in [0.717, 1.165) is 77.5 Å². The quantitative estimate of drug-likeness (QED) is 0.116. The van der Waals surface area contributed by atoms with Gasteiger partial charge in [0.2, 0.25) is 0 Å².